The molecule has 0 saturated heterocycles. The zero-order chi connectivity index (χ0) is 15.4. The van der Waals surface area contributed by atoms with Gasteiger partial charge in [0.1, 0.15) is 5.75 Å². The highest BCUT2D eigenvalue weighted by Crippen LogP contribution is 2.24. The third-order valence-electron chi connectivity index (χ3n) is 4.08. The minimum absolute atomic E-state index is 0.0386. The van der Waals surface area contributed by atoms with E-state index >= 15 is 0 Å². The van der Waals surface area contributed by atoms with Gasteiger partial charge >= 0.3 is 0 Å². The van der Waals surface area contributed by atoms with E-state index in [1.54, 1.807) is 0 Å². The standard InChI is InChI=1S/C19H19BrO2/c20-16-10-6-14(7-11-16)19(21)15-8-12-18(13-9-15)22-17-4-2-1-3-5-17/h6-13,17H,1-5H2. The van der Waals surface area contributed by atoms with Crippen LogP contribution in [0.1, 0.15) is 48.0 Å². The predicted octanol–water partition coefficient (Wildman–Crippen LogP) is 5.39. The van der Waals surface area contributed by atoms with Crippen LogP contribution in [0.5, 0.6) is 5.75 Å². The van der Waals surface area contributed by atoms with E-state index in [1.165, 1.54) is 19.3 Å². The van der Waals surface area contributed by atoms with Crippen LogP contribution in [-0.2, 0) is 0 Å². The molecular weight excluding hydrogens is 340 g/mol. The Labute approximate surface area is 139 Å². The van der Waals surface area contributed by atoms with Gasteiger partial charge in [-0.1, -0.05) is 22.4 Å². The highest BCUT2D eigenvalue weighted by molar-refractivity contribution is 9.10. The van der Waals surface area contributed by atoms with Crippen molar-refractivity contribution in [1.29, 1.82) is 0 Å². The molecule has 0 bridgehead atoms. The fourth-order valence-corrected chi connectivity index (χ4v) is 3.09. The third kappa shape index (κ3) is 3.77. The zero-order valence-corrected chi connectivity index (χ0v) is 14.0. The molecule has 1 fully saturated rings. The number of halogens is 1. The summed E-state index contributed by atoms with van der Waals surface area (Å²) in [5, 5.41) is 0. The molecule has 2 aromatic rings. The van der Waals surface area contributed by atoms with Gasteiger partial charge in [-0.25, -0.2) is 0 Å². The molecule has 3 heteroatoms. The number of hydrogen-bond donors (Lipinski definition) is 0. The first-order valence-corrected chi connectivity index (χ1v) is 8.59. The molecule has 1 aliphatic carbocycles. The van der Waals surface area contributed by atoms with Crippen molar-refractivity contribution in [2.45, 2.75) is 38.2 Å². The van der Waals surface area contributed by atoms with E-state index < -0.39 is 0 Å². The Morgan fingerprint density at radius 2 is 1.41 bits per heavy atom. The van der Waals surface area contributed by atoms with Gasteiger partial charge in [0.05, 0.1) is 6.10 Å². The lowest BCUT2D eigenvalue weighted by atomic mass is 9.98. The van der Waals surface area contributed by atoms with Gasteiger partial charge in [0.2, 0.25) is 0 Å². The fraction of sp³-hybridized carbons (Fsp3) is 0.316. The molecule has 0 spiro atoms. The number of benzene rings is 2. The molecule has 0 radical (unpaired) electrons. The van der Waals surface area contributed by atoms with Crippen LogP contribution >= 0.6 is 15.9 Å². The van der Waals surface area contributed by atoms with Crippen molar-refractivity contribution in [3.8, 4) is 5.75 Å². The molecule has 0 atom stereocenters. The monoisotopic (exact) mass is 358 g/mol. The Hall–Kier alpha value is -1.61. The molecule has 0 heterocycles. The average Bonchev–Trinajstić information content (AvgIpc) is 2.57. The lowest BCUT2D eigenvalue weighted by Gasteiger charge is -2.23. The lowest BCUT2D eigenvalue weighted by molar-refractivity contribution is 0.103. The smallest absolute Gasteiger partial charge is 0.193 e. The second-order valence-electron chi connectivity index (χ2n) is 5.74. The number of ketones is 1. The van der Waals surface area contributed by atoms with Crippen LogP contribution in [0.4, 0.5) is 0 Å². The molecule has 0 aliphatic heterocycles. The van der Waals surface area contributed by atoms with Crippen LogP contribution in [0.2, 0.25) is 0 Å². The Morgan fingerprint density at radius 3 is 2.00 bits per heavy atom. The van der Waals surface area contributed by atoms with E-state index in [0.29, 0.717) is 17.2 Å². The molecule has 0 unspecified atom stereocenters. The highest BCUT2D eigenvalue weighted by atomic mass is 79.9. The first-order chi connectivity index (χ1) is 10.7. The van der Waals surface area contributed by atoms with Crippen LogP contribution < -0.4 is 4.74 Å². The van der Waals surface area contributed by atoms with Crippen molar-refractivity contribution in [2.75, 3.05) is 0 Å². The van der Waals surface area contributed by atoms with Gasteiger partial charge < -0.3 is 4.74 Å². The number of carbonyl (C=O) groups is 1. The Morgan fingerprint density at radius 1 is 0.864 bits per heavy atom. The lowest BCUT2D eigenvalue weighted by Crippen LogP contribution is -2.19. The average molecular weight is 359 g/mol. The van der Waals surface area contributed by atoms with E-state index in [0.717, 1.165) is 23.1 Å². The normalized spacial score (nSPS) is 15.5. The van der Waals surface area contributed by atoms with Crippen LogP contribution in [0, 0.1) is 0 Å². The van der Waals surface area contributed by atoms with Crippen LogP contribution in [-0.4, -0.2) is 11.9 Å². The molecule has 0 aromatic heterocycles. The van der Waals surface area contributed by atoms with Crippen LogP contribution in [0.15, 0.2) is 53.0 Å². The summed E-state index contributed by atoms with van der Waals surface area (Å²) in [7, 11) is 0. The van der Waals surface area contributed by atoms with E-state index in [2.05, 4.69) is 15.9 Å². The van der Waals surface area contributed by atoms with Gasteiger partial charge in [-0.05, 0) is 74.2 Å². The maximum Gasteiger partial charge on any atom is 0.193 e. The van der Waals surface area contributed by atoms with E-state index in [9.17, 15) is 4.79 Å². The minimum atomic E-state index is 0.0386. The second-order valence-corrected chi connectivity index (χ2v) is 6.65. The van der Waals surface area contributed by atoms with E-state index in [4.69, 9.17) is 4.74 Å². The van der Waals surface area contributed by atoms with Gasteiger partial charge in [0.15, 0.2) is 5.78 Å². The zero-order valence-electron chi connectivity index (χ0n) is 12.4. The number of rotatable bonds is 4. The molecule has 3 rings (SSSR count). The SMILES string of the molecule is O=C(c1ccc(Br)cc1)c1ccc(OC2CCCCC2)cc1. The number of ether oxygens (including phenoxy) is 1. The second kappa shape index (κ2) is 7.10. The minimum Gasteiger partial charge on any atom is -0.490 e. The van der Waals surface area contributed by atoms with E-state index in [1.807, 2.05) is 48.5 Å². The van der Waals surface area contributed by atoms with Crippen molar-refractivity contribution < 1.29 is 9.53 Å². The summed E-state index contributed by atoms with van der Waals surface area (Å²) in [5.41, 5.74) is 1.39. The molecule has 2 nitrogen and oxygen atoms in total. The molecule has 1 saturated carbocycles. The predicted molar refractivity (Wildman–Crippen MR) is 91.5 cm³/mol. The Balaban J connectivity index is 1.68. The topological polar surface area (TPSA) is 26.3 Å². The van der Waals surface area contributed by atoms with Crippen LogP contribution in [0.25, 0.3) is 0 Å². The summed E-state index contributed by atoms with van der Waals surface area (Å²) in [5.74, 6) is 0.899. The quantitative estimate of drug-likeness (QED) is 0.684. The highest BCUT2D eigenvalue weighted by Gasteiger charge is 2.15. The van der Waals surface area contributed by atoms with Gasteiger partial charge in [-0.2, -0.15) is 0 Å². The summed E-state index contributed by atoms with van der Waals surface area (Å²) in [6.45, 7) is 0. The first kappa shape index (κ1) is 15.3. The van der Waals surface area contributed by atoms with Crippen molar-refractivity contribution in [3.05, 3.63) is 64.1 Å². The molecule has 2 aromatic carbocycles. The van der Waals surface area contributed by atoms with Crippen molar-refractivity contribution in [2.24, 2.45) is 0 Å². The summed E-state index contributed by atoms with van der Waals surface area (Å²) >= 11 is 3.38. The molecule has 0 amide bonds. The largest absolute Gasteiger partial charge is 0.490 e. The van der Waals surface area contributed by atoms with Gasteiger partial charge in [-0.15, -0.1) is 0 Å². The third-order valence-corrected chi connectivity index (χ3v) is 4.61. The van der Waals surface area contributed by atoms with Gasteiger partial charge in [0, 0.05) is 15.6 Å². The maximum atomic E-state index is 12.4. The number of hydrogen-bond acceptors (Lipinski definition) is 2. The van der Waals surface area contributed by atoms with Crippen LogP contribution in [0.3, 0.4) is 0 Å². The summed E-state index contributed by atoms with van der Waals surface area (Å²) in [6.07, 6.45) is 6.44. The van der Waals surface area contributed by atoms with Gasteiger partial charge in [0.25, 0.3) is 0 Å². The Bertz CT molecular complexity index is 625. The summed E-state index contributed by atoms with van der Waals surface area (Å²) in [4.78, 5) is 12.4. The summed E-state index contributed by atoms with van der Waals surface area (Å²) < 4.78 is 6.97. The maximum absolute atomic E-state index is 12.4. The van der Waals surface area contributed by atoms with Gasteiger partial charge in [-0.3, -0.25) is 4.79 Å². The fourth-order valence-electron chi connectivity index (χ4n) is 2.83. The molecule has 114 valence electrons. The van der Waals surface area contributed by atoms with Crippen molar-refractivity contribution >= 4 is 21.7 Å². The number of carbonyl (C=O) groups excluding carboxylic acids is 1. The molecule has 0 N–H and O–H groups in total. The Kier molecular flexibility index (Phi) is 4.94. The molecular formula is C19H19BrO2. The molecule has 22 heavy (non-hydrogen) atoms. The molecule has 1 aliphatic rings. The van der Waals surface area contributed by atoms with E-state index in [-0.39, 0.29) is 5.78 Å². The summed E-state index contributed by atoms with van der Waals surface area (Å²) in [6, 6.07) is 14.9. The van der Waals surface area contributed by atoms with Crippen molar-refractivity contribution in [3.63, 3.8) is 0 Å². The van der Waals surface area contributed by atoms with Crippen molar-refractivity contribution in [1.82, 2.24) is 0 Å². The first-order valence-electron chi connectivity index (χ1n) is 7.79.